The number of benzene rings is 1. The van der Waals surface area contributed by atoms with Crippen LogP contribution < -0.4 is 15.8 Å². The Hall–Kier alpha value is -1.62. The molecule has 4 nitrogen and oxygen atoms in total. The Labute approximate surface area is 124 Å². The maximum Gasteiger partial charge on any atom is 0.237 e. The molecule has 21 heavy (non-hydrogen) atoms. The number of primary amides is 1. The van der Waals surface area contributed by atoms with Gasteiger partial charge in [-0.2, -0.15) is 0 Å². The molecular weight excluding hydrogens is 271 g/mol. The number of carbonyl (C=O) groups is 1. The molecule has 1 amide bonds. The van der Waals surface area contributed by atoms with Gasteiger partial charge in [-0.1, -0.05) is 13.0 Å². The van der Waals surface area contributed by atoms with E-state index in [2.05, 4.69) is 5.32 Å². The van der Waals surface area contributed by atoms with E-state index in [4.69, 9.17) is 10.5 Å². The summed E-state index contributed by atoms with van der Waals surface area (Å²) in [6, 6.07) is 6.08. The van der Waals surface area contributed by atoms with Crippen LogP contribution in [0.4, 0.5) is 4.39 Å². The summed E-state index contributed by atoms with van der Waals surface area (Å²) in [5.74, 6) is -0.159. The first kappa shape index (κ1) is 15.8. The topological polar surface area (TPSA) is 64.3 Å². The first-order chi connectivity index (χ1) is 10.1. The molecule has 1 aliphatic rings. The van der Waals surface area contributed by atoms with Gasteiger partial charge in [-0.15, -0.1) is 0 Å². The number of nitrogens with one attached hydrogen (secondary N) is 1. The fourth-order valence-electron chi connectivity index (χ4n) is 2.89. The van der Waals surface area contributed by atoms with Crippen molar-refractivity contribution in [2.45, 2.75) is 50.7 Å². The van der Waals surface area contributed by atoms with Gasteiger partial charge in [-0.3, -0.25) is 4.79 Å². The van der Waals surface area contributed by atoms with E-state index >= 15 is 0 Å². The minimum atomic E-state index is -0.702. The van der Waals surface area contributed by atoms with Crippen LogP contribution >= 0.6 is 0 Å². The number of amides is 1. The number of hydrogen-bond donors (Lipinski definition) is 2. The van der Waals surface area contributed by atoms with Crippen LogP contribution in [0.25, 0.3) is 0 Å². The van der Waals surface area contributed by atoms with E-state index in [1.807, 2.05) is 6.92 Å². The number of halogens is 1. The lowest BCUT2D eigenvalue weighted by atomic mass is 9.79. The molecule has 2 rings (SSSR count). The minimum absolute atomic E-state index is 0.127. The van der Waals surface area contributed by atoms with Gasteiger partial charge in [-0.25, -0.2) is 4.39 Å². The van der Waals surface area contributed by atoms with Gasteiger partial charge < -0.3 is 15.8 Å². The van der Waals surface area contributed by atoms with Crippen molar-refractivity contribution in [2.24, 2.45) is 5.73 Å². The van der Waals surface area contributed by atoms with Gasteiger partial charge in [0.15, 0.2) is 0 Å². The summed E-state index contributed by atoms with van der Waals surface area (Å²) < 4.78 is 19.0. The Morgan fingerprint density at radius 3 is 3.05 bits per heavy atom. The lowest BCUT2D eigenvalue weighted by Crippen LogP contribution is -2.59. The average Bonchev–Trinajstić information content (AvgIpc) is 2.45. The molecular formula is C16H23FN2O2. The summed E-state index contributed by atoms with van der Waals surface area (Å²) >= 11 is 0. The molecule has 3 N–H and O–H groups in total. The van der Waals surface area contributed by atoms with Crippen molar-refractivity contribution in [3.8, 4) is 5.75 Å². The van der Waals surface area contributed by atoms with Crippen LogP contribution in [-0.4, -0.2) is 24.1 Å². The van der Waals surface area contributed by atoms with Crippen molar-refractivity contribution in [1.82, 2.24) is 5.32 Å². The number of carbonyl (C=O) groups excluding carboxylic acids is 1. The Bertz CT molecular complexity index is 495. The fraction of sp³-hybridized carbons (Fsp3) is 0.562. The van der Waals surface area contributed by atoms with E-state index in [0.29, 0.717) is 12.2 Å². The molecule has 1 saturated carbocycles. The summed E-state index contributed by atoms with van der Waals surface area (Å²) in [6.07, 6.45) is 3.77. The predicted molar refractivity (Wildman–Crippen MR) is 79.5 cm³/mol. The van der Waals surface area contributed by atoms with Crippen LogP contribution in [0.1, 0.15) is 39.0 Å². The zero-order valence-electron chi connectivity index (χ0n) is 12.4. The van der Waals surface area contributed by atoms with E-state index in [9.17, 15) is 9.18 Å². The maximum atomic E-state index is 13.2. The molecule has 2 unspecified atom stereocenters. The van der Waals surface area contributed by atoms with Crippen molar-refractivity contribution in [1.29, 1.82) is 0 Å². The zero-order chi connectivity index (χ0) is 15.3. The second-order valence-corrected chi connectivity index (χ2v) is 5.67. The Morgan fingerprint density at radius 2 is 2.38 bits per heavy atom. The van der Waals surface area contributed by atoms with Gasteiger partial charge in [0.05, 0.1) is 0 Å². The summed E-state index contributed by atoms with van der Waals surface area (Å²) in [6.45, 7) is 2.79. The molecule has 0 bridgehead atoms. The van der Waals surface area contributed by atoms with Gasteiger partial charge in [0, 0.05) is 12.5 Å². The summed E-state index contributed by atoms with van der Waals surface area (Å²) in [5.41, 5.74) is 4.90. The van der Waals surface area contributed by atoms with Crippen molar-refractivity contribution >= 4 is 5.91 Å². The van der Waals surface area contributed by atoms with E-state index in [-0.39, 0.29) is 17.8 Å². The van der Waals surface area contributed by atoms with Gasteiger partial charge in [-0.05, 0) is 44.4 Å². The van der Waals surface area contributed by atoms with Crippen molar-refractivity contribution in [2.75, 3.05) is 6.54 Å². The third-order valence-electron chi connectivity index (χ3n) is 3.99. The fourth-order valence-corrected chi connectivity index (χ4v) is 2.89. The van der Waals surface area contributed by atoms with Crippen LogP contribution in [0.5, 0.6) is 5.75 Å². The molecule has 0 spiro atoms. The third kappa shape index (κ3) is 3.94. The van der Waals surface area contributed by atoms with Crippen LogP contribution in [0.3, 0.4) is 0 Å². The molecule has 0 saturated heterocycles. The van der Waals surface area contributed by atoms with Crippen LogP contribution in [-0.2, 0) is 4.79 Å². The zero-order valence-corrected chi connectivity index (χ0v) is 12.4. The predicted octanol–water partition coefficient (Wildman–Crippen LogP) is 2.37. The van der Waals surface area contributed by atoms with E-state index in [1.54, 1.807) is 12.1 Å². The standard InChI is InChI=1S/C16H23FN2O2/c1-2-9-19-16(15(18)20)8-4-7-14(11-16)21-13-6-3-5-12(17)10-13/h3,5-6,10,14,19H,2,4,7-9,11H2,1H3,(H2,18,20). The maximum absolute atomic E-state index is 13.2. The molecule has 2 atom stereocenters. The minimum Gasteiger partial charge on any atom is -0.490 e. The van der Waals surface area contributed by atoms with E-state index in [1.165, 1.54) is 12.1 Å². The molecule has 0 heterocycles. The Kier molecular flexibility index (Phi) is 5.17. The molecule has 116 valence electrons. The van der Waals surface area contributed by atoms with Crippen molar-refractivity contribution in [3.05, 3.63) is 30.1 Å². The second kappa shape index (κ2) is 6.89. The molecule has 1 aliphatic carbocycles. The second-order valence-electron chi connectivity index (χ2n) is 5.67. The first-order valence-corrected chi connectivity index (χ1v) is 7.53. The molecule has 0 aromatic heterocycles. The summed E-state index contributed by atoms with van der Waals surface area (Å²) in [5, 5.41) is 3.28. The van der Waals surface area contributed by atoms with Crippen molar-refractivity contribution in [3.63, 3.8) is 0 Å². The highest BCUT2D eigenvalue weighted by Gasteiger charge is 2.41. The SMILES string of the molecule is CCCNC1(C(N)=O)CCCC(Oc2cccc(F)c2)C1. The average molecular weight is 294 g/mol. The number of nitrogens with two attached hydrogens (primary N) is 1. The molecule has 5 heteroatoms. The van der Waals surface area contributed by atoms with Crippen LogP contribution in [0.15, 0.2) is 24.3 Å². The van der Waals surface area contributed by atoms with E-state index < -0.39 is 5.54 Å². The molecule has 1 aromatic rings. The highest BCUT2D eigenvalue weighted by Crippen LogP contribution is 2.31. The van der Waals surface area contributed by atoms with Crippen LogP contribution in [0.2, 0.25) is 0 Å². The molecule has 0 aliphatic heterocycles. The lowest BCUT2D eigenvalue weighted by Gasteiger charge is -2.39. The van der Waals surface area contributed by atoms with E-state index in [0.717, 1.165) is 32.2 Å². The summed E-state index contributed by atoms with van der Waals surface area (Å²) in [4.78, 5) is 11.9. The monoisotopic (exact) mass is 294 g/mol. The first-order valence-electron chi connectivity index (χ1n) is 7.53. The summed E-state index contributed by atoms with van der Waals surface area (Å²) in [7, 11) is 0. The van der Waals surface area contributed by atoms with Gasteiger partial charge in [0.25, 0.3) is 0 Å². The highest BCUT2D eigenvalue weighted by molar-refractivity contribution is 5.84. The highest BCUT2D eigenvalue weighted by atomic mass is 19.1. The lowest BCUT2D eigenvalue weighted by molar-refractivity contribution is -0.127. The van der Waals surface area contributed by atoms with Gasteiger partial charge in [0.2, 0.25) is 5.91 Å². The smallest absolute Gasteiger partial charge is 0.237 e. The number of ether oxygens (including phenoxy) is 1. The number of hydrogen-bond acceptors (Lipinski definition) is 3. The Morgan fingerprint density at radius 1 is 1.57 bits per heavy atom. The normalized spacial score (nSPS) is 25.5. The quantitative estimate of drug-likeness (QED) is 0.846. The van der Waals surface area contributed by atoms with Crippen LogP contribution in [0, 0.1) is 5.82 Å². The molecule has 1 fully saturated rings. The molecule has 0 radical (unpaired) electrons. The van der Waals surface area contributed by atoms with Crippen molar-refractivity contribution < 1.29 is 13.9 Å². The third-order valence-corrected chi connectivity index (χ3v) is 3.99. The number of rotatable bonds is 6. The molecule has 1 aromatic carbocycles. The Balaban J connectivity index is 2.06. The van der Waals surface area contributed by atoms with Gasteiger partial charge >= 0.3 is 0 Å². The largest absolute Gasteiger partial charge is 0.490 e. The van der Waals surface area contributed by atoms with Gasteiger partial charge in [0.1, 0.15) is 23.2 Å².